The van der Waals surface area contributed by atoms with Crippen molar-refractivity contribution in [2.45, 2.75) is 26.7 Å². The number of benzene rings is 2. The molecule has 0 amide bonds. The van der Waals surface area contributed by atoms with Gasteiger partial charge in [-0.1, -0.05) is 61.7 Å². The van der Waals surface area contributed by atoms with Crippen molar-refractivity contribution in [3.05, 3.63) is 48.5 Å². The van der Waals surface area contributed by atoms with Crippen LogP contribution in [0, 0.1) is 0 Å². The van der Waals surface area contributed by atoms with Gasteiger partial charge in [-0.3, -0.25) is 0 Å². The Morgan fingerprint density at radius 3 is 1.29 bits per heavy atom. The van der Waals surface area contributed by atoms with E-state index >= 15 is 0 Å². The monoisotopic (exact) mass is 348 g/mol. The average molecular weight is 348 g/mol. The summed E-state index contributed by atoms with van der Waals surface area (Å²) in [6, 6.07) is 13.4. The molecule has 0 saturated heterocycles. The summed E-state index contributed by atoms with van der Waals surface area (Å²) < 4.78 is 10.3. The molecule has 0 bridgehead atoms. The maximum atomic E-state index is 11.0. The van der Waals surface area contributed by atoms with Crippen LogP contribution >= 0.6 is 0 Å². The molecule has 0 atom stereocenters. The first kappa shape index (κ1) is 25.9. The maximum Gasteiger partial charge on any atom is 1.00 e. The van der Waals surface area contributed by atoms with E-state index in [4.69, 9.17) is 9.47 Å². The van der Waals surface area contributed by atoms with Crippen LogP contribution in [0.1, 0.15) is 26.7 Å². The second-order valence-corrected chi connectivity index (χ2v) is 4.59. The smallest absolute Gasteiger partial charge is 0.870 e. The third kappa shape index (κ3) is 10.5. The normalized spacial score (nSPS) is 8.75. The molecular weight excluding hydrogens is 326 g/mol. The first-order valence-corrected chi connectivity index (χ1v) is 7.46. The molecule has 2 aromatic rings. The van der Waals surface area contributed by atoms with E-state index in [0.717, 1.165) is 12.8 Å². The average Bonchev–Trinajstić information content (AvgIpc) is 2.54. The molecule has 0 unspecified atom stereocenters. The molecule has 0 heterocycles. The van der Waals surface area contributed by atoms with Gasteiger partial charge in [-0.15, -0.1) is 0 Å². The molecule has 0 aliphatic carbocycles. The molecule has 2 rings (SSSR count). The van der Waals surface area contributed by atoms with Crippen LogP contribution in [0.4, 0.5) is 0 Å². The Hall–Kier alpha value is -0.360. The molecule has 0 N–H and O–H groups in total. The Kier molecular flexibility index (Phi) is 17.4. The zero-order chi connectivity index (χ0) is 16.2. The van der Waals surface area contributed by atoms with Crippen LogP contribution in [0.15, 0.2) is 48.5 Å². The van der Waals surface area contributed by atoms with Gasteiger partial charge >= 0.3 is 59.1 Å². The van der Waals surface area contributed by atoms with Crippen molar-refractivity contribution in [1.82, 2.24) is 0 Å². The summed E-state index contributed by atoms with van der Waals surface area (Å²) >= 11 is 0. The molecule has 0 aliphatic rings. The Morgan fingerprint density at radius 2 is 1.00 bits per heavy atom. The van der Waals surface area contributed by atoms with Gasteiger partial charge in [0.05, 0.1) is 13.2 Å². The van der Waals surface area contributed by atoms with Crippen molar-refractivity contribution in [3.63, 3.8) is 0 Å². The Bertz CT molecular complexity index is 501. The molecule has 0 fully saturated rings. The summed E-state index contributed by atoms with van der Waals surface area (Å²) in [7, 11) is 0. The van der Waals surface area contributed by atoms with Crippen molar-refractivity contribution < 1.29 is 78.8 Å². The molecule has 4 nitrogen and oxygen atoms in total. The van der Waals surface area contributed by atoms with E-state index in [1.807, 2.05) is 13.8 Å². The number of hydrogen-bond donors (Lipinski definition) is 0. The van der Waals surface area contributed by atoms with Crippen molar-refractivity contribution >= 4 is 0 Å². The zero-order valence-electron chi connectivity index (χ0n) is 15.1. The van der Waals surface area contributed by atoms with Crippen LogP contribution in [-0.2, 0) is 0 Å². The van der Waals surface area contributed by atoms with Crippen molar-refractivity contribution in [2.75, 3.05) is 13.2 Å². The predicted molar refractivity (Wildman–Crippen MR) is 83.3 cm³/mol. The van der Waals surface area contributed by atoms with E-state index in [1.54, 1.807) is 36.4 Å². The molecule has 0 aromatic heterocycles. The van der Waals surface area contributed by atoms with E-state index in [-0.39, 0.29) is 70.6 Å². The summed E-state index contributed by atoms with van der Waals surface area (Å²) in [6.07, 6.45) is 1.85. The van der Waals surface area contributed by atoms with E-state index in [2.05, 4.69) is 0 Å². The van der Waals surface area contributed by atoms with Crippen molar-refractivity contribution in [2.24, 2.45) is 0 Å². The molecule has 6 heteroatoms. The van der Waals surface area contributed by atoms with E-state index < -0.39 is 0 Å². The first-order valence-electron chi connectivity index (χ1n) is 7.46. The van der Waals surface area contributed by atoms with Gasteiger partial charge in [0.25, 0.3) is 0 Å². The number of rotatable bonds is 6. The maximum absolute atomic E-state index is 11.0. The topological polar surface area (TPSA) is 64.6 Å². The number of hydrogen-bond acceptors (Lipinski definition) is 4. The molecule has 120 valence electrons. The molecule has 2 aromatic carbocycles. The van der Waals surface area contributed by atoms with Gasteiger partial charge in [-0.05, 0) is 25.0 Å². The van der Waals surface area contributed by atoms with E-state index in [0.29, 0.717) is 24.7 Å². The van der Waals surface area contributed by atoms with Crippen LogP contribution < -0.4 is 78.8 Å². The third-order valence-corrected chi connectivity index (χ3v) is 2.62. The fourth-order valence-electron chi connectivity index (χ4n) is 1.56. The van der Waals surface area contributed by atoms with Crippen LogP contribution in [0.5, 0.6) is 23.0 Å². The number of ether oxygens (including phenoxy) is 2. The van der Waals surface area contributed by atoms with Gasteiger partial charge in [0.15, 0.2) is 0 Å². The quantitative estimate of drug-likeness (QED) is 0.526. The second-order valence-electron chi connectivity index (χ2n) is 4.59. The standard InChI is InChI=1S/2C9H12O2.2Na/c2*1-2-7-11-9-6-4-3-5-8(9)10;;/h2*3-6,10H,2,7H2,1H3;;/q;;2*+1/p-2. The minimum atomic E-state index is -0.0408. The molecule has 0 aliphatic heterocycles. The largest absolute Gasteiger partial charge is 1.00 e. The summed E-state index contributed by atoms with van der Waals surface area (Å²) in [4.78, 5) is 0. The molecule has 0 saturated carbocycles. The van der Waals surface area contributed by atoms with Gasteiger partial charge in [0, 0.05) is 0 Å². The summed E-state index contributed by atoms with van der Waals surface area (Å²) in [5.41, 5.74) is 0. The van der Waals surface area contributed by atoms with Crippen LogP contribution in [0.25, 0.3) is 0 Å². The van der Waals surface area contributed by atoms with Gasteiger partial charge < -0.3 is 19.7 Å². The van der Waals surface area contributed by atoms with Crippen molar-refractivity contribution in [1.29, 1.82) is 0 Å². The second kappa shape index (κ2) is 16.1. The van der Waals surface area contributed by atoms with Crippen LogP contribution in [0.3, 0.4) is 0 Å². The molecular formula is C18H22Na2O4. The summed E-state index contributed by atoms with van der Waals surface area (Å²) in [5, 5.41) is 22.0. The fourth-order valence-corrected chi connectivity index (χ4v) is 1.56. The third-order valence-electron chi connectivity index (χ3n) is 2.62. The van der Waals surface area contributed by atoms with E-state index in [9.17, 15) is 10.2 Å². The predicted octanol–water partition coefficient (Wildman–Crippen LogP) is -2.89. The zero-order valence-corrected chi connectivity index (χ0v) is 19.1. The SMILES string of the molecule is CCCOc1ccccc1[O-].CCCOc1ccccc1[O-].[Na+].[Na+]. The minimum absolute atomic E-state index is 0. The first-order chi connectivity index (χ1) is 10.7. The summed E-state index contributed by atoms with van der Waals surface area (Å²) in [6.45, 7) is 5.24. The van der Waals surface area contributed by atoms with Crippen LogP contribution in [0.2, 0.25) is 0 Å². The van der Waals surface area contributed by atoms with Gasteiger partial charge in [-0.2, -0.15) is 0 Å². The van der Waals surface area contributed by atoms with Gasteiger partial charge in [0.2, 0.25) is 0 Å². The minimum Gasteiger partial charge on any atom is -0.870 e. The van der Waals surface area contributed by atoms with Crippen LogP contribution in [-0.4, -0.2) is 13.2 Å². The Balaban J connectivity index is 0. The Morgan fingerprint density at radius 1 is 0.667 bits per heavy atom. The number of para-hydroxylation sites is 4. The molecule has 0 spiro atoms. The van der Waals surface area contributed by atoms with Crippen molar-refractivity contribution in [3.8, 4) is 23.0 Å². The molecule has 24 heavy (non-hydrogen) atoms. The van der Waals surface area contributed by atoms with E-state index in [1.165, 1.54) is 12.1 Å². The molecule has 0 radical (unpaired) electrons. The summed E-state index contributed by atoms with van der Waals surface area (Å²) in [5.74, 6) is 0.825. The Labute approximate surface area is 188 Å². The fraction of sp³-hybridized carbons (Fsp3) is 0.333. The van der Waals surface area contributed by atoms with Gasteiger partial charge in [0.1, 0.15) is 11.5 Å². The van der Waals surface area contributed by atoms with Gasteiger partial charge in [-0.25, -0.2) is 0 Å².